The van der Waals surface area contributed by atoms with Gasteiger partial charge in [0.15, 0.2) is 0 Å². The second kappa shape index (κ2) is 6.14. The van der Waals surface area contributed by atoms with E-state index >= 15 is 0 Å². The quantitative estimate of drug-likeness (QED) is 0.742. The zero-order chi connectivity index (χ0) is 15.7. The summed E-state index contributed by atoms with van der Waals surface area (Å²) in [5, 5.41) is 0. The number of likely N-dealkylation sites (tertiary alicyclic amines) is 2. The van der Waals surface area contributed by atoms with Gasteiger partial charge in [-0.25, -0.2) is 4.79 Å². The molecule has 0 unspecified atom stereocenters. The minimum atomic E-state index is -0.286. The number of amides is 3. The lowest BCUT2D eigenvalue weighted by Gasteiger charge is -2.37. The Balaban J connectivity index is 1.55. The van der Waals surface area contributed by atoms with Gasteiger partial charge >= 0.3 is 6.09 Å². The highest BCUT2D eigenvalue weighted by atomic mass is 16.6. The predicted molar refractivity (Wildman–Crippen MR) is 78.1 cm³/mol. The maximum atomic E-state index is 12.6. The molecule has 22 heavy (non-hydrogen) atoms. The van der Waals surface area contributed by atoms with Crippen LogP contribution in [0, 0.1) is 0 Å². The second-order valence-electron chi connectivity index (χ2n) is 6.23. The van der Waals surface area contributed by atoms with E-state index in [1.54, 1.807) is 9.80 Å². The topological polar surface area (TPSA) is 70.2 Å². The summed E-state index contributed by atoms with van der Waals surface area (Å²) in [6.07, 6.45) is 2.99. The molecule has 0 radical (unpaired) electrons. The molecule has 3 aliphatic heterocycles. The molecule has 0 aromatic rings. The van der Waals surface area contributed by atoms with Gasteiger partial charge in [0.05, 0.1) is 6.54 Å². The molecule has 3 saturated heterocycles. The highest BCUT2D eigenvalue weighted by molar-refractivity contribution is 5.87. The Hall–Kier alpha value is -1.79. The fourth-order valence-corrected chi connectivity index (χ4v) is 3.75. The van der Waals surface area contributed by atoms with Crippen LogP contribution in [0.2, 0.25) is 0 Å². The average molecular weight is 309 g/mol. The third-order valence-corrected chi connectivity index (χ3v) is 4.95. The van der Waals surface area contributed by atoms with E-state index in [1.165, 1.54) is 6.92 Å². The Morgan fingerprint density at radius 2 is 1.82 bits per heavy atom. The fraction of sp³-hybridized carbons (Fsp3) is 0.800. The van der Waals surface area contributed by atoms with Crippen molar-refractivity contribution in [3.63, 3.8) is 0 Å². The van der Waals surface area contributed by atoms with Crippen LogP contribution in [0.1, 0.15) is 32.6 Å². The first kappa shape index (κ1) is 15.1. The predicted octanol–water partition coefficient (Wildman–Crippen LogP) is 0.441. The van der Waals surface area contributed by atoms with Crippen LogP contribution in [-0.4, -0.2) is 77.5 Å². The Kier molecular flexibility index (Phi) is 4.22. The molecule has 0 N–H and O–H groups in total. The molecule has 0 saturated carbocycles. The van der Waals surface area contributed by atoms with Crippen LogP contribution in [0.25, 0.3) is 0 Å². The molecule has 7 nitrogen and oxygen atoms in total. The smallest absolute Gasteiger partial charge is 0.410 e. The second-order valence-corrected chi connectivity index (χ2v) is 6.23. The van der Waals surface area contributed by atoms with Crippen molar-refractivity contribution in [3.05, 3.63) is 0 Å². The first-order chi connectivity index (χ1) is 10.6. The first-order valence-corrected chi connectivity index (χ1v) is 8.07. The summed E-state index contributed by atoms with van der Waals surface area (Å²) in [4.78, 5) is 41.1. The van der Waals surface area contributed by atoms with Crippen LogP contribution >= 0.6 is 0 Å². The zero-order valence-electron chi connectivity index (χ0n) is 13.0. The Morgan fingerprint density at radius 3 is 2.41 bits per heavy atom. The molecule has 7 heteroatoms. The lowest BCUT2D eigenvalue weighted by molar-refractivity contribution is -0.143. The van der Waals surface area contributed by atoms with E-state index in [9.17, 15) is 14.4 Å². The normalized spacial score (nSPS) is 26.5. The van der Waals surface area contributed by atoms with Crippen LogP contribution in [0.4, 0.5) is 4.79 Å². The number of cyclic esters (lactones) is 1. The lowest BCUT2D eigenvalue weighted by atomic mass is 10.0. The van der Waals surface area contributed by atoms with Gasteiger partial charge in [-0.15, -0.1) is 0 Å². The summed E-state index contributed by atoms with van der Waals surface area (Å²) >= 11 is 0. The van der Waals surface area contributed by atoms with Crippen molar-refractivity contribution in [1.29, 1.82) is 0 Å². The molecule has 3 rings (SSSR count). The van der Waals surface area contributed by atoms with Crippen molar-refractivity contribution in [3.8, 4) is 0 Å². The molecular weight excluding hydrogens is 286 g/mol. The highest BCUT2D eigenvalue weighted by Crippen LogP contribution is 2.24. The Morgan fingerprint density at radius 1 is 1.09 bits per heavy atom. The molecule has 3 fully saturated rings. The fourth-order valence-electron chi connectivity index (χ4n) is 3.75. The maximum absolute atomic E-state index is 12.6. The number of hydrogen-bond donors (Lipinski definition) is 0. The summed E-state index contributed by atoms with van der Waals surface area (Å²) in [5.41, 5.74) is 0. The first-order valence-electron chi connectivity index (χ1n) is 8.07. The lowest BCUT2D eigenvalue weighted by Crippen LogP contribution is -2.52. The minimum absolute atomic E-state index is 0.0226. The number of piperidine rings is 1. The van der Waals surface area contributed by atoms with Crippen molar-refractivity contribution < 1.29 is 19.1 Å². The van der Waals surface area contributed by atoms with E-state index in [1.807, 2.05) is 4.90 Å². The summed E-state index contributed by atoms with van der Waals surface area (Å²) in [5.74, 6) is 0.0423. The summed E-state index contributed by atoms with van der Waals surface area (Å²) in [7, 11) is 0. The summed E-state index contributed by atoms with van der Waals surface area (Å²) in [6.45, 7) is 4.62. The van der Waals surface area contributed by atoms with Crippen molar-refractivity contribution in [2.24, 2.45) is 0 Å². The van der Waals surface area contributed by atoms with Crippen LogP contribution in [0.3, 0.4) is 0 Å². The van der Waals surface area contributed by atoms with Gasteiger partial charge in [0.25, 0.3) is 0 Å². The maximum Gasteiger partial charge on any atom is 0.410 e. The molecule has 122 valence electrons. The SMILES string of the molecule is CC(=O)N1CCC[C@@H]1C(=O)N1CCC(N2CCOC2=O)CC1. The van der Waals surface area contributed by atoms with Crippen LogP contribution in [-0.2, 0) is 14.3 Å². The largest absolute Gasteiger partial charge is 0.448 e. The number of nitrogens with zero attached hydrogens (tertiary/aromatic N) is 3. The van der Waals surface area contributed by atoms with E-state index in [0.29, 0.717) is 32.8 Å². The molecule has 0 aliphatic carbocycles. The van der Waals surface area contributed by atoms with E-state index in [2.05, 4.69) is 0 Å². The molecule has 3 amide bonds. The van der Waals surface area contributed by atoms with Crippen molar-refractivity contribution >= 4 is 17.9 Å². The van der Waals surface area contributed by atoms with Crippen molar-refractivity contribution in [2.75, 3.05) is 32.8 Å². The Bertz CT molecular complexity index is 473. The number of carbonyl (C=O) groups is 3. The number of hydrogen-bond acceptors (Lipinski definition) is 4. The van der Waals surface area contributed by atoms with Gasteiger partial charge in [-0.3, -0.25) is 9.59 Å². The van der Waals surface area contributed by atoms with E-state index in [4.69, 9.17) is 4.74 Å². The number of rotatable bonds is 2. The van der Waals surface area contributed by atoms with Crippen LogP contribution in [0.15, 0.2) is 0 Å². The number of carbonyl (C=O) groups excluding carboxylic acids is 3. The standard InChI is InChI=1S/C15H23N3O4/c1-11(19)17-6-2-3-13(17)14(20)16-7-4-12(5-8-16)18-9-10-22-15(18)21/h12-13H,2-10H2,1H3/t13-/m1/s1. The van der Waals surface area contributed by atoms with Gasteiger partial charge in [-0.1, -0.05) is 0 Å². The monoisotopic (exact) mass is 309 g/mol. The molecule has 3 aliphatic rings. The van der Waals surface area contributed by atoms with E-state index in [-0.39, 0.29) is 30.0 Å². The molecule has 0 spiro atoms. The molecule has 3 heterocycles. The molecule has 0 bridgehead atoms. The minimum Gasteiger partial charge on any atom is -0.448 e. The molecule has 0 aromatic carbocycles. The molecule has 0 aromatic heterocycles. The van der Waals surface area contributed by atoms with Gasteiger partial charge in [0, 0.05) is 32.6 Å². The third-order valence-electron chi connectivity index (χ3n) is 4.95. The number of ether oxygens (including phenoxy) is 1. The van der Waals surface area contributed by atoms with Gasteiger partial charge in [-0.05, 0) is 25.7 Å². The average Bonchev–Trinajstić information content (AvgIpc) is 3.15. The van der Waals surface area contributed by atoms with E-state index in [0.717, 1.165) is 25.7 Å². The van der Waals surface area contributed by atoms with Gasteiger partial charge < -0.3 is 19.4 Å². The van der Waals surface area contributed by atoms with E-state index < -0.39 is 0 Å². The van der Waals surface area contributed by atoms with Crippen LogP contribution < -0.4 is 0 Å². The van der Waals surface area contributed by atoms with Crippen LogP contribution in [0.5, 0.6) is 0 Å². The molecule has 1 atom stereocenters. The van der Waals surface area contributed by atoms with Gasteiger partial charge in [0.2, 0.25) is 11.8 Å². The van der Waals surface area contributed by atoms with Gasteiger partial charge in [-0.2, -0.15) is 0 Å². The Labute approximate surface area is 130 Å². The summed E-state index contributed by atoms with van der Waals surface area (Å²) in [6, 6.07) is -0.114. The third kappa shape index (κ3) is 2.76. The van der Waals surface area contributed by atoms with Gasteiger partial charge in [0.1, 0.15) is 12.6 Å². The molecular formula is C15H23N3O4. The zero-order valence-corrected chi connectivity index (χ0v) is 13.0. The summed E-state index contributed by atoms with van der Waals surface area (Å²) < 4.78 is 4.98. The van der Waals surface area contributed by atoms with Crippen molar-refractivity contribution in [1.82, 2.24) is 14.7 Å². The highest BCUT2D eigenvalue weighted by Gasteiger charge is 2.38. The van der Waals surface area contributed by atoms with Crippen molar-refractivity contribution in [2.45, 2.75) is 44.7 Å².